The first-order valence-corrected chi connectivity index (χ1v) is 12.0. The molecule has 0 amide bonds. The average molecular weight is 557 g/mol. The summed E-state index contributed by atoms with van der Waals surface area (Å²) >= 11 is 9.77. The Kier molecular flexibility index (Phi) is 6.81. The Morgan fingerprint density at radius 1 is 1.03 bits per heavy atom. The van der Waals surface area contributed by atoms with E-state index in [0.717, 1.165) is 0 Å². The van der Waals surface area contributed by atoms with Crippen LogP contribution in [0.4, 0.5) is 0 Å². The van der Waals surface area contributed by atoms with Crippen LogP contribution >= 0.6 is 27.5 Å². The number of nitrogens with zero attached hydrogens (tertiary/aromatic N) is 3. The zero-order valence-electron chi connectivity index (χ0n) is 18.2. The molecule has 5 rings (SSSR count). The maximum Gasteiger partial charge on any atom is 0.338 e. The van der Waals surface area contributed by atoms with Crippen molar-refractivity contribution in [2.24, 2.45) is 0 Å². The van der Waals surface area contributed by atoms with Crippen LogP contribution in [0.3, 0.4) is 0 Å². The van der Waals surface area contributed by atoms with E-state index in [2.05, 4.69) is 25.9 Å². The number of halogens is 2. The molecule has 35 heavy (non-hydrogen) atoms. The van der Waals surface area contributed by atoms with Crippen LogP contribution in [-0.2, 0) is 14.2 Å². The molecule has 2 aromatic heterocycles. The Hall–Kier alpha value is -3.27. The number of fused-ring (bicyclic) bond motifs is 1. The Morgan fingerprint density at radius 2 is 1.69 bits per heavy atom. The lowest BCUT2D eigenvalue weighted by atomic mass is 10.2. The van der Waals surface area contributed by atoms with Gasteiger partial charge in [-0.2, -0.15) is 0 Å². The van der Waals surface area contributed by atoms with Gasteiger partial charge in [0.05, 0.1) is 22.6 Å². The van der Waals surface area contributed by atoms with Crippen LogP contribution in [0, 0.1) is 0 Å². The SMILES string of the molecule is O=C(OC[C@@H]1C[C@@H](OC(=O)c2ccccc2)[C@H](n2cc(Br)c3c(Cl)ncnc32)O1)c1ccccc1. The second kappa shape index (κ2) is 10.2. The molecule has 1 aliphatic heterocycles. The van der Waals surface area contributed by atoms with Crippen LogP contribution in [0.15, 0.2) is 77.7 Å². The summed E-state index contributed by atoms with van der Waals surface area (Å²) in [4.78, 5) is 33.6. The van der Waals surface area contributed by atoms with Gasteiger partial charge in [-0.3, -0.25) is 0 Å². The largest absolute Gasteiger partial charge is 0.459 e. The lowest BCUT2D eigenvalue weighted by molar-refractivity contribution is -0.0592. The smallest absolute Gasteiger partial charge is 0.338 e. The van der Waals surface area contributed by atoms with E-state index in [1.807, 2.05) is 12.1 Å². The van der Waals surface area contributed by atoms with E-state index in [4.69, 9.17) is 25.8 Å². The van der Waals surface area contributed by atoms with Gasteiger partial charge >= 0.3 is 11.9 Å². The molecule has 0 aliphatic carbocycles. The number of carbonyl (C=O) groups is 2. The number of benzene rings is 2. The second-order valence-corrected chi connectivity index (χ2v) is 9.12. The first kappa shape index (κ1) is 23.5. The molecule has 4 aromatic rings. The van der Waals surface area contributed by atoms with Crippen LogP contribution in [0.1, 0.15) is 33.4 Å². The Balaban J connectivity index is 1.40. The molecule has 1 aliphatic rings. The van der Waals surface area contributed by atoms with Gasteiger partial charge in [0.1, 0.15) is 29.8 Å². The summed E-state index contributed by atoms with van der Waals surface area (Å²) < 4.78 is 20.0. The normalized spacial score (nSPS) is 19.5. The topological polar surface area (TPSA) is 92.5 Å². The fourth-order valence-electron chi connectivity index (χ4n) is 3.98. The van der Waals surface area contributed by atoms with Crippen molar-refractivity contribution >= 4 is 50.5 Å². The minimum absolute atomic E-state index is 0.000272. The van der Waals surface area contributed by atoms with Gasteiger partial charge in [0.15, 0.2) is 6.23 Å². The minimum atomic E-state index is -0.720. The van der Waals surface area contributed by atoms with Crippen molar-refractivity contribution in [3.05, 3.63) is 93.9 Å². The number of esters is 2. The lowest BCUT2D eigenvalue weighted by Crippen LogP contribution is -2.25. The standard InChI is InChI=1S/C25H19BrClN3O5/c26-18-12-30(22-20(18)21(27)28-14-29-22)23-19(35-25(32)16-9-5-2-6-10-16)11-17(34-23)13-33-24(31)15-7-3-1-4-8-15/h1-10,12,14,17,19,23H,11,13H2/t17-,19+,23+/m0/s1. The maximum atomic E-state index is 12.8. The third-order valence-electron chi connectivity index (χ3n) is 5.61. The van der Waals surface area contributed by atoms with Gasteiger partial charge in [0.25, 0.3) is 0 Å². The maximum absolute atomic E-state index is 12.8. The van der Waals surface area contributed by atoms with Gasteiger partial charge in [0, 0.05) is 17.1 Å². The number of hydrogen-bond acceptors (Lipinski definition) is 7. The van der Waals surface area contributed by atoms with Gasteiger partial charge in [-0.05, 0) is 40.2 Å². The molecule has 178 valence electrons. The van der Waals surface area contributed by atoms with E-state index in [1.54, 1.807) is 59.3 Å². The molecular weight excluding hydrogens is 538 g/mol. The molecule has 3 atom stereocenters. The number of ether oxygens (including phenoxy) is 3. The fraction of sp³-hybridized carbons (Fsp3) is 0.200. The quantitative estimate of drug-likeness (QED) is 0.238. The summed E-state index contributed by atoms with van der Waals surface area (Å²) in [6, 6.07) is 17.4. The summed E-state index contributed by atoms with van der Waals surface area (Å²) in [5, 5.41) is 0.898. The minimum Gasteiger partial charge on any atom is -0.459 e. The predicted octanol–water partition coefficient (Wildman–Crippen LogP) is 5.22. The molecule has 10 heteroatoms. The molecule has 0 unspecified atom stereocenters. The van der Waals surface area contributed by atoms with Crippen molar-refractivity contribution < 1.29 is 23.8 Å². The molecule has 3 heterocycles. The molecule has 0 radical (unpaired) electrons. The van der Waals surface area contributed by atoms with Gasteiger partial charge in [-0.1, -0.05) is 48.0 Å². The molecule has 8 nitrogen and oxygen atoms in total. The van der Waals surface area contributed by atoms with E-state index in [0.29, 0.717) is 33.1 Å². The number of hydrogen-bond donors (Lipinski definition) is 0. The molecular formula is C25H19BrClN3O5. The van der Waals surface area contributed by atoms with E-state index in [-0.39, 0.29) is 11.8 Å². The van der Waals surface area contributed by atoms with Gasteiger partial charge < -0.3 is 18.8 Å². The third-order valence-corrected chi connectivity index (χ3v) is 6.50. The first-order valence-electron chi connectivity index (χ1n) is 10.8. The highest BCUT2D eigenvalue weighted by Crippen LogP contribution is 2.38. The predicted molar refractivity (Wildman–Crippen MR) is 131 cm³/mol. The van der Waals surface area contributed by atoms with Crippen molar-refractivity contribution in [1.82, 2.24) is 14.5 Å². The van der Waals surface area contributed by atoms with Crippen molar-refractivity contribution in [2.45, 2.75) is 24.9 Å². The third kappa shape index (κ3) is 4.93. The summed E-state index contributed by atoms with van der Waals surface area (Å²) in [7, 11) is 0. The van der Waals surface area contributed by atoms with Crippen LogP contribution < -0.4 is 0 Å². The van der Waals surface area contributed by atoms with Crippen LogP contribution in [0.2, 0.25) is 5.15 Å². The highest BCUT2D eigenvalue weighted by molar-refractivity contribution is 9.10. The molecule has 2 aromatic carbocycles. The summed E-state index contributed by atoms with van der Waals surface area (Å²) in [5.74, 6) is -0.932. The monoisotopic (exact) mass is 555 g/mol. The van der Waals surface area contributed by atoms with Gasteiger partial charge in [-0.25, -0.2) is 19.6 Å². The second-order valence-electron chi connectivity index (χ2n) is 7.91. The molecule has 0 saturated carbocycles. The van der Waals surface area contributed by atoms with E-state index in [1.165, 1.54) is 6.33 Å². The van der Waals surface area contributed by atoms with Crippen LogP contribution in [0.5, 0.6) is 0 Å². The van der Waals surface area contributed by atoms with E-state index in [9.17, 15) is 9.59 Å². The van der Waals surface area contributed by atoms with Crippen molar-refractivity contribution in [1.29, 1.82) is 0 Å². The summed E-state index contributed by atoms with van der Waals surface area (Å²) in [5.41, 5.74) is 1.39. The molecule has 0 N–H and O–H groups in total. The summed E-state index contributed by atoms with van der Waals surface area (Å²) in [6.45, 7) is -0.000272. The summed E-state index contributed by atoms with van der Waals surface area (Å²) in [6.07, 6.45) is 1.54. The molecule has 1 fully saturated rings. The van der Waals surface area contributed by atoms with Crippen LogP contribution in [0.25, 0.3) is 11.0 Å². The lowest BCUT2D eigenvalue weighted by Gasteiger charge is -2.21. The Labute approximate surface area is 213 Å². The fourth-order valence-corrected chi connectivity index (χ4v) is 4.91. The number of aromatic nitrogens is 3. The van der Waals surface area contributed by atoms with Gasteiger partial charge in [0.2, 0.25) is 0 Å². The number of rotatable bonds is 6. The van der Waals surface area contributed by atoms with E-state index < -0.39 is 30.4 Å². The van der Waals surface area contributed by atoms with E-state index >= 15 is 0 Å². The first-order chi connectivity index (χ1) is 17.0. The zero-order chi connectivity index (χ0) is 24.4. The van der Waals surface area contributed by atoms with Gasteiger partial charge in [-0.15, -0.1) is 0 Å². The zero-order valence-corrected chi connectivity index (χ0v) is 20.6. The van der Waals surface area contributed by atoms with Crippen LogP contribution in [-0.4, -0.2) is 45.3 Å². The van der Waals surface area contributed by atoms with Crippen molar-refractivity contribution in [2.75, 3.05) is 6.61 Å². The Morgan fingerprint density at radius 3 is 2.37 bits per heavy atom. The van der Waals surface area contributed by atoms with Crippen molar-refractivity contribution in [3.8, 4) is 0 Å². The molecule has 0 spiro atoms. The molecule has 1 saturated heterocycles. The molecule has 0 bridgehead atoms. The highest BCUT2D eigenvalue weighted by atomic mass is 79.9. The Bertz CT molecular complexity index is 1370. The van der Waals surface area contributed by atoms with Crippen molar-refractivity contribution in [3.63, 3.8) is 0 Å². The highest BCUT2D eigenvalue weighted by Gasteiger charge is 2.41. The number of carbonyl (C=O) groups excluding carboxylic acids is 2. The average Bonchev–Trinajstić information content (AvgIpc) is 3.44.